The lowest BCUT2D eigenvalue weighted by molar-refractivity contribution is 0.269. The maximum atomic E-state index is 5.81. The van der Waals surface area contributed by atoms with Gasteiger partial charge >= 0.3 is 0 Å². The summed E-state index contributed by atoms with van der Waals surface area (Å²) in [5.41, 5.74) is 2.30. The van der Waals surface area contributed by atoms with Crippen molar-refractivity contribution in [1.29, 1.82) is 0 Å². The summed E-state index contributed by atoms with van der Waals surface area (Å²) in [5.74, 6) is 2.05. The highest BCUT2D eigenvalue weighted by molar-refractivity contribution is 6.17. The zero-order chi connectivity index (χ0) is 12.6. The van der Waals surface area contributed by atoms with Crippen LogP contribution in [0.2, 0.25) is 0 Å². The predicted molar refractivity (Wildman–Crippen MR) is 72.4 cm³/mol. The minimum absolute atomic E-state index is 0.546. The number of hydrogen-bond acceptors (Lipinski definition) is 1. The molecule has 0 saturated carbocycles. The number of rotatable bonds is 4. The molecule has 0 aromatic heterocycles. The van der Waals surface area contributed by atoms with Gasteiger partial charge in [0, 0.05) is 5.88 Å². The van der Waals surface area contributed by atoms with Crippen LogP contribution in [-0.4, -0.2) is 6.61 Å². The Bertz CT molecular complexity index is 295. The van der Waals surface area contributed by atoms with Crippen LogP contribution in [0.5, 0.6) is 5.75 Å². The molecule has 16 heavy (non-hydrogen) atoms. The molecule has 1 rings (SSSR count). The zero-order valence-electron chi connectivity index (χ0n) is 11.0. The van der Waals surface area contributed by atoms with Gasteiger partial charge in [0.05, 0.1) is 6.61 Å². The van der Waals surface area contributed by atoms with E-state index in [9.17, 15) is 0 Å². The van der Waals surface area contributed by atoms with Gasteiger partial charge in [-0.3, -0.25) is 0 Å². The highest BCUT2D eigenvalue weighted by Gasteiger charge is 2.04. The highest BCUT2D eigenvalue weighted by atomic mass is 35.5. The van der Waals surface area contributed by atoms with Crippen LogP contribution in [0, 0.1) is 12.8 Å². The maximum absolute atomic E-state index is 5.81. The van der Waals surface area contributed by atoms with Crippen LogP contribution in [0.4, 0.5) is 0 Å². The van der Waals surface area contributed by atoms with Crippen LogP contribution in [0.1, 0.15) is 38.8 Å². The monoisotopic (exact) mass is 242 g/mol. The summed E-state index contributed by atoms with van der Waals surface area (Å²) in [6.07, 6.45) is 0. The second-order valence-electron chi connectivity index (χ2n) is 3.88. The molecule has 0 fully saturated rings. The average molecular weight is 243 g/mol. The molecule has 0 N–H and O–H groups in total. The molecule has 1 aromatic carbocycles. The molecule has 0 bridgehead atoms. The Labute approximate surface area is 105 Å². The van der Waals surface area contributed by atoms with Crippen LogP contribution in [0.25, 0.3) is 0 Å². The van der Waals surface area contributed by atoms with Crippen molar-refractivity contribution >= 4 is 11.6 Å². The number of benzene rings is 1. The minimum atomic E-state index is 0.546. The van der Waals surface area contributed by atoms with E-state index in [4.69, 9.17) is 16.3 Å². The van der Waals surface area contributed by atoms with Crippen molar-refractivity contribution in [1.82, 2.24) is 0 Å². The van der Waals surface area contributed by atoms with Gasteiger partial charge in [-0.25, -0.2) is 0 Å². The van der Waals surface area contributed by atoms with Gasteiger partial charge in [0.1, 0.15) is 5.75 Å². The molecule has 1 nitrogen and oxygen atoms in total. The summed E-state index contributed by atoms with van der Waals surface area (Å²) < 4.78 is 5.68. The first kappa shape index (κ1) is 15.3. The standard InChI is InChI=1S/C12H17ClO.C2H6/c1-9(2)8-14-12-6-4-5-11(7-13)10(12)3;1-2/h4-6,9H,7-8H2,1-3H3;1-2H3. The molecule has 0 aliphatic heterocycles. The van der Waals surface area contributed by atoms with Crippen LogP contribution in [0.15, 0.2) is 18.2 Å². The first-order chi connectivity index (χ1) is 7.65. The van der Waals surface area contributed by atoms with E-state index < -0.39 is 0 Å². The molecular weight excluding hydrogens is 220 g/mol. The van der Waals surface area contributed by atoms with Crippen LogP contribution >= 0.6 is 11.6 Å². The van der Waals surface area contributed by atoms with Gasteiger partial charge in [0.25, 0.3) is 0 Å². The molecule has 0 heterocycles. The first-order valence-electron chi connectivity index (χ1n) is 5.92. The molecule has 0 spiro atoms. The summed E-state index contributed by atoms with van der Waals surface area (Å²) in [7, 11) is 0. The third-order valence-electron chi connectivity index (χ3n) is 2.11. The largest absolute Gasteiger partial charge is 0.493 e. The van der Waals surface area contributed by atoms with Crippen LogP contribution in [-0.2, 0) is 5.88 Å². The predicted octanol–water partition coefficient (Wildman–Crippen LogP) is 4.79. The van der Waals surface area contributed by atoms with E-state index >= 15 is 0 Å². The summed E-state index contributed by atoms with van der Waals surface area (Å²) >= 11 is 5.81. The third kappa shape index (κ3) is 4.89. The van der Waals surface area contributed by atoms with Gasteiger partial charge < -0.3 is 4.74 Å². The minimum Gasteiger partial charge on any atom is -0.493 e. The second-order valence-corrected chi connectivity index (χ2v) is 4.15. The number of hydrogen-bond donors (Lipinski definition) is 0. The summed E-state index contributed by atoms with van der Waals surface area (Å²) in [4.78, 5) is 0. The van der Waals surface area contributed by atoms with E-state index in [1.165, 1.54) is 0 Å². The molecule has 0 amide bonds. The normalized spacial score (nSPS) is 9.69. The van der Waals surface area contributed by atoms with E-state index in [1.54, 1.807) is 0 Å². The van der Waals surface area contributed by atoms with Gasteiger partial charge in [0.2, 0.25) is 0 Å². The van der Waals surface area contributed by atoms with Crippen LogP contribution < -0.4 is 4.74 Å². The van der Waals surface area contributed by atoms with Gasteiger partial charge in [0.15, 0.2) is 0 Å². The lowest BCUT2D eigenvalue weighted by Gasteiger charge is -2.12. The Hall–Kier alpha value is -0.690. The molecule has 0 unspecified atom stereocenters. The van der Waals surface area contributed by atoms with Crippen molar-refractivity contribution in [2.24, 2.45) is 5.92 Å². The van der Waals surface area contributed by atoms with Crippen molar-refractivity contribution in [3.63, 3.8) is 0 Å². The summed E-state index contributed by atoms with van der Waals surface area (Å²) in [5, 5.41) is 0. The Balaban J connectivity index is 0.00000106. The van der Waals surface area contributed by atoms with Gasteiger partial charge in [-0.15, -0.1) is 11.6 Å². The molecule has 92 valence electrons. The smallest absolute Gasteiger partial charge is 0.122 e. The molecule has 0 radical (unpaired) electrons. The SMILES string of the molecule is CC.Cc1c(CCl)cccc1OCC(C)C. The van der Waals surface area contributed by atoms with Gasteiger partial charge in [-0.2, -0.15) is 0 Å². The number of halogens is 1. The third-order valence-corrected chi connectivity index (χ3v) is 2.40. The van der Waals surface area contributed by atoms with Crippen molar-refractivity contribution in [3.8, 4) is 5.75 Å². The quantitative estimate of drug-likeness (QED) is 0.690. The molecule has 0 aliphatic carbocycles. The fraction of sp³-hybridized carbons (Fsp3) is 0.571. The van der Waals surface area contributed by atoms with E-state index in [-0.39, 0.29) is 0 Å². The average Bonchev–Trinajstić information content (AvgIpc) is 2.30. The summed E-state index contributed by atoms with van der Waals surface area (Å²) in [6, 6.07) is 6.01. The number of ether oxygens (including phenoxy) is 1. The molecule has 2 heteroatoms. The van der Waals surface area contributed by atoms with Crippen molar-refractivity contribution in [2.45, 2.75) is 40.5 Å². The Morgan fingerprint density at radius 3 is 2.38 bits per heavy atom. The summed E-state index contributed by atoms with van der Waals surface area (Å²) in [6.45, 7) is 11.1. The highest BCUT2D eigenvalue weighted by Crippen LogP contribution is 2.22. The fourth-order valence-corrected chi connectivity index (χ4v) is 1.51. The lowest BCUT2D eigenvalue weighted by Crippen LogP contribution is -2.05. The van der Waals surface area contributed by atoms with Gasteiger partial charge in [-0.1, -0.05) is 39.8 Å². The Morgan fingerprint density at radius 1 is 1.25 bits per heavy atom. The topological polar surface area (TPSA) is 9.23 Å². The van der Waals surface area contributed by atoms with Gasteiger partial charge in [-0.05, 0) is 30.0 Å². The molecule has 0 aliphatic rings. The maximum Gasteiger partial charge on any atom is 0.122 e. The van der Waals surface area contributed by atoms with E-state index in [2.05, 4.69) is 13.8 Å². The molecule has 0 atom stereocenters. The molecular formula is C14H23ClO. The molecule has 0 saturated heterocycles. The Morgan fingerprint density at radius 2 is 1.88 bits per heavy atom. The van der Waals surface area contributed by atoms with Crippen LogP contribution in [0.3, 0.4) is 0 Å². The zero-order valence-corrected chi connectivity index (χ0v) is 11.8. The first-order valence-corrected chi connectivity index (χ1v) is 6.46. The van der Waals surface area contributed by atoms with E-state index in [0.29, 0.717) is 11.8 Å². The Kier molecular flexibility index (Phi) is 8.10. The van der Waals surface area contributed by atoms with Crippen molar-refractivity contribution in [3.05, 3.63) is 29.3 Å². The van der Waals surface area contributed by atoms with E-state index in [1.807, 2.05) is 39.0 Å². The fourth-order valence-electron chi connectivity index (χ4n) is 1.22. The lowest BCUT2D eigenvalue weighted by atomic mass is 10.1. The van der Waals surface area contributed by atoms with Crippen molar-refractivity contribution in [2.75, 3.05) is 6.61 Å². The van der Waals surface area contributed by atoms with Crippen molar-refractivity contribution < 1.29 is 4.74 Å². The molecule has 1 aromatic rings. The number of alkyl halides is 1. The second kappa shape index (κ2) is 8.46. The van der Waals surface area contributed by atoms with E-state index in [0.717, 1.165) is 23.5 Å².